The van der Waals surface area contributed by atoms with E-state index in [4.69, 9.17) is 22.1 Å². The molecule has 3 nitrogen and oxygen atoms in total. The van der Waals surface area contributed by atoms with Gasteiger partial charge in [-0.05, 0) is 30.5 Å². The van der Waals surface area contributed by atoms with Crippen LogP contribution in [0.2, 0.25) is 5.02 Å². The fourth-order valence-corrected chi connectivity index (χ4v) is 2.94. The minimum absolute atomic E-state index is 0.136. The number of methoxy groups -OCH3 is 1. The number of hydrogen-bond acceptors (Lipinski definition) is 3. The number of ether oxygens (including phenoxy) is 1. The fraction of sp³-hybridized carbons (Fsp3) is 0.600. The fourth-order valence-electron chi connectivity index (χ4n) is 2.81. The molecule has 0 aliphatic carbocycles. The Morgan fingerprint density at radius 2 is 2.11 bits per heavy atom. The number of nitrogens with two attached hydrogens (primary N) is 1. The highest BCUT2D eigenvalue weighted by Crippen LogP contribution is 2.30. The van der Waals surface area contributed by atoms with Gasteiger partial charge in [-0.15, -0.1) is 0 Å². The lowest BCUT2D eigenvalue weighted by molar-refractivity contribution is 0.0971. The molecule has 1 aromatic carbocycles. The Kier molecular flexibility index (Phi) is 5.22. The van der Waals surface area contributed by atoms with Gasteiger partial charge in [-0.2, -0.15) is 0 Å². The van der Waals surface area contributed by atoms with Crippen molar-refractivity contribution < 1.29 is 4.74 Å². The topological polar surface area (TPSA) is 38.5 Å². The lowest BCUT2D eigenvalue weighted by Gasteiger charge is -2.32. The minimum Gasteiger partial charge on any atom is -0.380 e. The first-order valence-corrected chi connectivity index (χ1v) is 7.31. The van der Waals surface area contributed by atoms with E-state index in [1.165, 1.54) is 5.56 Å². The van der Waals surface area contributed by atoms with Crippen LogP contribution in [0.5, 0.6) is 0 Å². The summed E-state index contributed by atoms with van der Waals surface area (Å²) in [7, 11) is 1.78. The molecule has 0 amide bonds. The second kappa shape index (κ2) is 6.71. The number of nitrogens with zero attached hydrogens (tertiary/aromatic N) is 1. The van der Waals surface area contributed by atoms with Crippen LogP contribution in [-0.4, -0.2) is 37.2 Å². The van der Waals surface area contributed by atoms with Crippen LogP contribution in [0.4, 0.5) is 0 Å². The first-order valence-electron chi connectivity index (χ1n) is 6.93. The summed E-state index contributed by atoms with van der Waals surface area (Å²) in [6, 6.07) is 8.44. The van der Waals surface area contributed by atoms with Crippen molar-refractivity contribution in [1.29, 1.82) is 0 Å². The standard InChI is InChI=1S/C15H23ClN2O/c1-3-14(17)15(11-4-6-12(16)7-5-11)18-9-8-13(10-18)19-2/h4-7,13-15H,3,8-10,17H2,1-2H3. The number of benzene rings is 1. The molecule has 1 aliphatic heterocycles. The average Bonchev–Trinajstić information content (AvgIpc) is 2.89. The molecule has 2 rings (SSSR count). The van der Waals surface area contributed by atoms with E-state index < -0.39 is 0 Å². The highest BCUT2D eigenvalue weighted by Gasteiger charge is 2.32. The molecule has 0 radical (unpaired) electrons. The van der Waals surface area contributed by atoms with Gasteiger partial charge in [-0.3, -0.25) is 4.90 Å². The van der Waals surface area contributed by atoms with Crippen molar-refractivity contribution in [3.05, 3.63) is 34.9 Å². The van der Waals surface area contributed by atoms with Crippen molar-refractivity contribution in [2.24, 2.45) is 5.73 Å². The Labute approximate surface area is 120 Å². The van der Waals surface area contributed by atoms with Crippen LogP contribution < -0.4 is 5.73 Å². The molecule has 19 heavy (non-hydrogen) atoms. The van der Waals surface area contributed by atoms with E-state index in [9.17, 15) is 0 Å². The zero-order chi connectivity index (χ0) is 13.8. The van der Waals surface area contributed by atoms with Gasteiger partial charge in [-0.25, -0.2) is 0 Å². The third-order valence-electron chi connectivity index (χ3n) is 3.99. The maximum absolute atomic E-state index is 6.34. The molecule has 2 N–H and O–H groups in total. The van der Waals surface area contributed by atoms with E-state index in [1.807, 2.05) is 12.1 Å². The molecule has 3 unspecified atom stereocenters. The van der Waals surface area contributed by atoms with Crippen molar-refractivity contribution in [3.8, 4) is 0 Å². The van der Waals surface area contributed by atoms with Gasteiger partial charge >= 0.3 is 0 Å². The maximum atomic E-state index is 6.34. The summed E-state index contributed by atoms with van der Waals surface area (Å²) in [4.78, 5) is 2.44. The van der Waals surface area contributed by atoms with Gasteiger partial charge in [0.2, 0.25) is 0 Å². The second-order valence-electron chi connectivity index (χ2n) is 5.21. The van der Waals surface area contributed by atoms with Gasteiger partial charge in [0, 0.05) is 37.3 Å². The molecule has 0 saturated carbocycles. The lowest BCUT2D eigenvalue weighted by atomic mass is 9.96. The van der Waals surface area contributed by atoms with Gasteiger partial charge in [-0.1, -0.05) is 30.7 Å². The third kappa shape index (κ3) is 3.48. The molecular weight excluding hydrogens is 260 g/mol. The summed E-state index contributed by atoms with van der Waals surface area (Å²) in [5.41, 5.74) is 7.58. The van der Waals surface area contributed by atoms with Crippen molar-refractivity contribution in [1.82, 2.24) is 4.90 Å². The maximum Gasteiger partial charge on any atom is 0.0710 e. The predicted molar refractivity (Wildman–Crippen MR) is 79.4 cm³/mol. The van der Waals surface area contributed by atoms with E-state index in [-0.39, 0.29) is 12.1 Å². The summed E-state index contributed by atoms with van der Waals surface area (Å²) in [6.45, 7) is 4.13. The van der Waals surface area contributed by atoms with Crippen LogP contribution in [0.3, 0.4) is 0 Å². The monoisotopic (exact) mass is 282 g/mol. The molecule has 1 saturated heterocycles. The predicted octanol–water partition coefficient (Wildman–Crippen LogP) is 2.84. The van der Waals surface area contributed by atoms with Gasteiger partial charge < -0.3 is 10.5 Å². The van der Waals surface area contributed by atoms with Crippen LogP contribution >= 0.6 is 11.6 Å². The molecule has 1 aromatic rings. The highest BCUT2D eigenvalue weighted by molar-refractivity contribution is 6.30. The summed E-state index contributed by atoms with van der Waals surface area (Å²) in [6.07, 6.45) is 2.37. The Morgan fingerprint density at radius 1 is 1.42 bits per heavy atom. The molecular formula is C15H23ClN2O. The summed E-state index contributed by atoms with van der Waals surface area (Å²) in [5, 5.41) is 0.767. The zero-order valence-electron chi connectivity index (χ0n) is 11.7. The number of rotatable bonds is 5. The second-order valence-corrected chi connectivity index (χ2v) is 5.65. The minimum atomic E-state index is 0.136. The summed E-state index contributed by atoms with van der Waals surface area (Å²) in [5.74, 6) is 0. The van der Waals surface area contributed by atoms with Crippen LogP contribution in [-0.2, 0) is 4.74 Å². The van der Waals surface area contributed by atoms with E-state index >= 15 is 0 Å². The Balaban J connectivity index is 2.19. The van der Waals surface area contributed by atoms with Gasteiger partial charge in [0.1, 0.15) is 0 Å². The van der Waals surface area contributed by atoms with Crippen molar-refractivity contribution in [3.63, 3.8) is 0 Å². The Morgan fingerprint density at radius 3 is 2.63 bits per heavy atom. The number of hydrogen-bond donors (Lipinski definition) is 1. The molecule has 0 aromatic heterocycles. The van der Waals surface area contributed by atoms with Crippen LogP contribution in [0.15, 0.2) is 24.3 Å². The first-order chi connectivity index (χ1) is 9.15. The van der Waals surface area contributed by atoms with Crippen LogP contribution in [0.1, 0.15) is 31.4 Å². The summed E-state index contributed by atoms with van der Waals surface area (Å²) < 4.78 is 5.46. The normalized spacial score (nSPS) is 23.5. The summed E-state index contributed by atoms with van der Waals surface area (Å²) >= 11 is 5.97. The largest absolute Gasteiger partial charge is 0.380 e. The number of likely N-dealkylation sites (tertiary alicyclic amines) is 1. The van der Waals surface area contributed by atoms with Crippen molar-refractivity contribution >= 4 is 11.6 Å². The van der Waals surface area contributed by atoms with E-state index in [2.05, 4.69) is 24.0 Å². The molecule has 0 spiro atoms. The zero-order valence-corrected chi connectivity index (χ0v) is 12.4. The quantitative estimate of drug-likeness (QED) is 0.902. The molecule has 1 heterocycles. The van der Waals surface area contributed by atoms with Crippen LogP contribution in [0, 0.1) is 0 Å². The Hall–Kier alpha value is -0.610. The van der Waals surface area contributed by atoms with Crippen molar-refractivity contribution in [2.45, 2.75) is 38.0 Å². The average molecular weight is 283 g/mol. The molecule has 4 heteroatoms. The molecule has 1 aliphatic rings. The van der Waals surface area contributed by atoms with Gasteiger partial charge in [0.05, 0.1) is 6.10 Å². The van der Waals surface area contributed by atoms with E-state index in [0.29, 0.717) is 6.10 Å². The SMILES string of the molecule is CCC(N)C(c1ccc(Cl)cc1)N1CCC(OC)C1. The Bertz CT molecular complexity index is 396. The third-order valence-corrected chi connectivity index (χ3v) is 4.24. The van der Waals surface area contributed by atoms with E-state index in [1.54, 1.807) is 7.11 Å². The molecule has 0 bridgehead atoms. The van der Waals surface area contributed by atoms with Gasteiger partial charge in [0.15, 0.2) is 0 Å². The molecule has 1 fully saturated rings. The smallest absolute Gasteiger partial charge is 0.0710 e. The lowest BCUT2D eigenvalue weighted by Crippen LogP contribution is -2.40. The van der Waals surface area contributed by atoms with Crippen LogP contribution in [0.25, 0.3) is 0 Å². The molecule has 3 atom stereocenters. The van der Waals surface area contributed by atoms with Gasteiger partial charge in [0.25, 0.3) is 0 Å². The number of halogens is 1. The van der Waals surface area contributed by atoms with Crippen molar-refractivity contribution in [2.75, 3.05) is 20.2 Å². The highest BCUT2D eigenvalue weighted by atomic mass is 35.5. The van der Waals surface area contributed by atoms with E-state index in [0.717, 1.165) is 31.0 Å². The first kappa shape index (κ1) is 14.8. The molecule has 106 valence electrons.